The van der Waals surface area contributed by atoms with E-state index in [1.54, 1.807) is 12.1 Å². The molecule has 6 heteroatoms. The Hall–Kier alpha value is -2.50. The molecule has 2 rings (SSSR count). The third-order valence-corrected chi connectivity index (χ3v) is 3.76. The average Bonchev–Trinajstić information content (AvgIpc) is 2.54. The highest BCUT2D eigenvalue weighted by Gasteiger charge is 2.31. The number of aliphatic carboxylic acids is 1. The zero-order chi connectivity index (χ0) is 18.6. The first-order valence-corrected chi connectivity index (χ1v) is 7.83. The Morgan fingerprint density at radius 2 is 1.80 bits per heavy atom. The van der Waals surface area contributed by atoms with Gasteiger partial charge in [0.2, 0.25) is 0 Å². The van der Waals surface area contributed by atoms with Crippen molar-refractivity contribution in [1.29, 1.82) is 0 Å². The van der Waals surface area contributed by atoms with Gasteiger partial charge in [-0.2, -0.15) is 13.2 Å². The smallest absolute Gasteiger partial charge is 0.416 e. The first-order valence-electron chi connectivity index (χ1n) is 7.83. The quantitative estimate of drug-likeness (QED) is 0.804. The first kappa shape index (κ1) is 18.8. The monoisotopic (exact) mass is 352 g/mol. The minimum Gasteiger partial charge on any atom is -0.478 e. The molecule has 0 bridgehead atoms. The summed E-state index contributed by atoms with van der Waals surface area (Å²) in [7, 11) is 0. The predicted octanol–water partition coefficient (Wildman–Crippen LogP) is 4.90. The van der Waals surface area contributed by atoms with E-state index in [1.165, 1.54) is 12.1 Å². The van der Waals surface area contributed by atoms with Crippen LogP contribution in [-0.2, 0) is 17.4 Å². The summed E-state index contributed by atoms with van der Waals surface area (Å²) in [5.41, 5.74) is 0.291. The standard InChI is InChI=1S/C19H19F3O3/c1-12(2)15-8-3-4-9-16(15)25-17(18(23)24)11-13-6-5-7-14(10-13)19(20,21)22/h3-10,12,17H,11H2,1-2H3,(H,23,24)/t17-/m1/s1. The maximum atomic E-state index is 12.8. The summed E-state index contributed by atoms with van der Waals surface area (Å²) < 4.78 is 44.0. The summed E-state index contributed by atoms with van der Waals surface area (Å²) >= 11 is 0. The van der Waals surface area contributed by atoms with Crippen LogP contribution in [0.1, 0.15) is 36.5 Å². The van der Waals surface area contributed by atoms with Crippen LogP contribution in [-0.4, -0.2) is 17.2 Å². The lowest BCUT2D eigenvalue weighted by Gasteiger charge is -2.19. The fourth-order valence-corrected chi connectivity index (χ4v) is 2.49. The van der Waals surface area contributed by atoms with E-state index in [4.69, 9.17) is 4.74 Å². The largest absolute Gasteiger partial charge is 0.478 e. The van der Waals surface area contributed by atoms with Crippen LogP contribution in [0, 0.1) is 0 Å². The number of para-hydroxylation sites is 1. The highest BCUT2D eigenvalue weighted by molar-refractivity contribution is 5.73. The molecule has 2 aromatic rings. The van der Waals surface area contributed by atoms with Gasteiger partial charge in [-0.25, -0.2) is 4.79 Å². The van der Waals surface area contributed by atoms with Gasteiger partial charge in [0.1, 0.15) is 5.75 Å². The maximum absolute atomic E-state index is 12.8. The van der Waals surface area contributed by atoms with Crippen LogP contribution in [0.4, 0.5) is 13.2 Å². The molecule has 3 nitrogen and oxygen atoms in total. The number of halogens is 3. The predicted molar refractivity (Wildman–Crippen MR) is 87.7 cm³/mol. The molecule has 0 saturated heterocycles. The lowest BCUT2D eigenvalue weighted by Crippen LogP contribution is -2.30. The highest BCUT2D eigenvalue weighted by Crippen LogP contribution is 2.30. The van der Waals surface area contributed by atoms with Crippen molar-refractivity contribution in [1.82, 2.24) is 0 Å². The van der Waals surface area contributed by atoms with Crippen LogP contribution in [0.15, 0.2) is 48.5 Å². The van der Waals surface area contributed by atoms with Gasteiger partial charge < -0.3 is 9.84 Å². The molecule has 0 aliphatic rings. The molecule has 134 valence electrons. The molecule has 0 heterocycles. The average molecular weight is 352 g/mol. The molecule has 0 amide bonds. The first-order chi connectivity index (χ1) is 11.7. The number of hydrogen-bond donors (Lipinski definition) is 1. The molecule has 2 aromatic carbocycles. The molecule has 0 aliphatic carbocycles. The molecule has 1 N–H and O–H groups in total. The SMILES string of the molecule is CC(C)c1ccccc1O[C@H](Cc1cccc(C(F)(F)F)c1)C(=O)O. The Balaban J connectivity index is 2.25. The van der Waals surface area contributed by atoms with Gasteiger partial charge in [0.25, 0.3) is 0 Å². The van der Waals surface area contributed by atoms with Crippen molar-refractivity contribution < 1.29 is 27.8 Å². The molecular formula is C19H19F3O3. The fraction of sp³-hybridized carbons (Fsp3) is 0.316. The second-order valence-corrected chi connectivity index (χ2v) is 6.04. The van der Waals surface area contributed by atoms with Crippen LogP contribution >= 0.6 is 0 Å². The summed E-state index contributed by atoms with van der Waals surface area (Å²) in [5, 5.41) is 9.41. The molecule has 0 fully saturated rings. The molecule has 0 unspecified atom stereocenters. The Bertz CT molecular complexity index is 739. The summed E-state index contributed by atoms with van der Waals surface area (Å²) in [4.78, 5) is 11.5. The van der Waals surface area contributed by atoms with Crippen LogP contribution in [0.3, 0.4) is 0 Å². The molecule has 0 spiro atoms. The van der Waals surface area contributed by atoms with Crippen LogP contribution in [0.2, 0.25) is 0 Å². The van der Waals surface area contributed by atoms with Crippen molar-refractivity contribution in [3.05, 3.63) is 65.2 Å². The Morgan fingerprint density at radius 3 is 2.40 bits per heavy atom. The number of ether oxygens (including phenoxy) is 1. The van der Waals surface area contributed by atoms with Gasteiger partial charge in [0, 0.05) is 6.42 Å². The number of carboxylic acids is 1. The molecule has 0 radical (unpaired) electrons. The number of hydrogen-bond acceptors (Lipinski definition) is 2. The zero-order valence-corrected chi connectivity index (χ0v) is 13.9. The van der Waals surface area contributed by atoms with E-state index >= 15 is 0 Å². The second kappa shape index (κ2) is 7.59. The molecule has 25 heavy (non-hydrogen) atoms. The Labute approximate surface area is 144 Å². The van der Waals surface area contributed by atoms with E-state index in [2.05, 4.69) is 0 Å². The minimum atomic E-state index is -4.47. The number of alkyl halides is 3. The third-order valence-electron chi connectivity index (χ3n) is 3.76. The highest BCUT2D eigenvalue weighted by atomic mass is 19.4. The van der Waals surface area contributed by atoms with E-state index in [0.717, 1.165) is 17.7 Å². The van der Waals surface area contributed by atoms with Crippen LogP contribution < -0.4 is 4.74 Å². The summed E-state index contributed by atoms with van der Waals surface area (Å²) in [6, 6.07) is 11.7. The third kappa shape index (κ3) is 4.98. The minimum absolute atomic E-state index is 0.124. The van der Waals surface area contributed by atoms with Gasteiger partial charge in [0.15, 0.2) is 6.10 Å². The van der Waals surface area contributed by atoms with E-state index in [0.29, 0.717) is 5.75 Å². The topological polar surface area (TPSA) is 46.5 Å². The van der Waals surface area contributed by atoms with Gasteiger partial charge in [-0.1, -0.05) is 50.2 Å². The molecule has 0 saturated carbocycles. The van der Waals surface area contributed by atoms with Crippen LogP contribution in [0.5, 0.6) is 5.75 Å². The lowest BCUT2D eigenvalue weighted by atomic mass is 10.0. The van der Waals surface area contributed by atoms with Gasteiger partial charge in [-0.3, -0.25) is 0 Å². The van der Waals surface area contributed by atoms with Crippen LogP contribution in [0.25, 0.3) is 0 Å². The zero-order valence-electron chi connectivity index (χ0n) is 13.9. The molecular weight excluding hydrogens is 333 g/mol. The van der Waals surface area contributed by atoms with E-state index in [9.17, 15) is 23.1 Å². The van der Waals surface area contributed by atoms with Gasteiger partial charge in [-0.05, 0) is 29.2 Å². The van der Waals surface area contributed by atoms with Crippen molar-refractivity contribution >= 4 is 5.97 Å². The van der Waals surface area contributed by atoms with E-state index < -0.39 is 23.8 Å². The van der Waals surface area contributed by atoms with E-state index in [-0.39, 0.29) is 17.9 Å². The fourth-order valence-electron chi connectivity index (χ4n) is 2.49. The van der Waals surface area contributed by atoms with E-state index in [1.807, 2.05) is 26.0 Å². The number of carboxylic acid groups (broad SMARTS) is 1. The molecule has 0 aliphatic heterocycles. The normalized spacial score (nSPS) is 12.9. The van der Waals surface area contributed by atoms with Crippen molar-refractivity contribution in [2.45, 2.75) is 38.5 Å². The summed E-state index contributed by atoms with van der Waals surface area (Å²) in [6.45, 7) is 3.90. The Kier molecular flexibility index (Phi) is 5.72. The summed E-state index contributed by atoms with van der Waals surface area (Å²) in [6.07, 6.45) is -5.91. The lowest BCUT2D eigenvalue weighted by molar-refractivity contribution is -0.145. The van der Waals surface area contributed by atoms with Gasteiger partial charge >= 0.3 is 12.1 Å². The number of benzene rings is 2. The number of carbonyl (C=O) groups is 1. The Morgan fingerprint density at radius 1 is 1.12 bits per heavy atom. The van der Waals surface area contributed by atoms with Crippen molar-refractivity contribution in [3.63, 3.8) is 0 Å². The molecule has 0 aromatic heterocycles. The van der Waals surface area contributed by atoms with Gasteiger partial charge in [0.05, 0.1) is 5.56 Å². The van der Waals surface area contributed by atoms with Crippen molar-refractivity contribution in [2.75, 3.05) is 0 Å². The maximum Gasteiger partial charge on any atom is 0.416 e. The van der Waals surface area contributed by atoms with Gasteiger partial charge in [-0.15, -0.1) is 0 Å². The van der Waals surface area contributed by atoms with Crippen molar-refractivity contribution in [2.24, 2.45) is 0 Å². The molecule has 1 atom stereocenters. The number of rotatable bonds is 6. The second-order valence-electron chi connectivity index (χ2n) is 6.04. The van der Waals surface area contributed by atoms with Crippen molar-refractivity contribution in [3.8, 4) is 5.75 Å². The summed E-state index contributed by atoms with van der Waals surface area (Å²) in [5.74, 6) is -0.674.